The number of hydrogen-bond donors (Lipinski definition) is 1. The maximum absolute atomic E-state index is 12.9. The van der Waals surface area contributed by atoms with Crippen LogP contribution in [0.1, 0.15) is 68.9 Å². The predicted octanol–water partition coefficient (Wildman–Crippen LogP) is 0.809. The first kappa shape index (κ1) is 22.4. The lowest BCUT2D eigenvalue weighted by Gasteiger charge is -2.28. The number of rotatable bonds is 3. The van der Waals surface area contributed by atoms with Gasteiger partial charge < -0.3 is 22.1 Å². The van der Waals surface area contributed by atoms with Crippen LogP contribution in [0.25, 0.3) is 0 Å². The van der Waals surface area contributed by atoms with E-state index in [0.717, 1.165) is 17.0 Å². The third kappa shape index (κ3) is 4.56. The number of carbonyl (C=O) groups is 1. The fraction of sp³-hybridized carbons (Fsp3) is 0.524. The molecule has 0 aliphatic carbocycles. The van der Waals surface area contributed by atoms with Crippen molar-refractivity contribution in [1.29, 1.82) is 0 Å². The Kier molecular flexibility index (Phi) is 6.51. The molecule has 0 spiro atoms. The second-order valence-electron chi connectivity index (χ2n) is 8.93. The summed E-state index contributed by atoms with van der Waals surface area (Å²) in [6.07, 6.45) is 3.86. The summed E-state index contributed by atoms with van der Waals surface area (Å²) < 4.78 is 3.94. The number of ketones is 1. The smallest absolute Gasteiger partial charge is 0.253 e. The minimum absolute atomic E-state index is 0. The zero-order valence-corrected chi connectivity index (χ0v) is 18.7. The maximum atomic E-state index is 12.9. The Balaban J connectivity index is 0.00000338. The number of hydrogen-bond acceptors (Lipinski definition) is 2. The molecule has 0 radical (unpaired) electrons. The molecule has 0 unspecified atom stereocenters. The summed E-state index contributed by atoms with van der Waals surface area (Å²) in [5.41, 5.74) is 1.81. The van der Waals surface area contributed by atoms with Crippen molar-refractivity contribution in [3.8, 4) is 5.75 Å². The molecule has 2 aromatic rings. The van der Waals surface area contributed by atoms with Gasteiger partial charge in [-0.1, -0.05) is 41.5 Å². The molecule has 0 atom stereocenters. The average Bonchev–Trinajstić information content (AvgIpc) is 2.77. The topological polar surface area (TPSA) is 46.1 Å². The number of aromatic nitrogens is 2. The van der Waals surface area contributed by atoms with Gasteiger partial charge in [0.2, 0.25) is 5.78 Å². The molecule has 0 fully saturated rings. The van der Waals surface area contributed by atoms with Crippen molar-refractivity contribution in [2.24, 2.45) is 7.05 Å². The molecule has 5 heteroatoms. The monoisotopic (exact) mass is 422 g/mol. The van der Waals surface area contributed by atoms with Crippen LogP contribution in [0.3, 0.4) is 0 Å². The Morgan fingerprint density at radius 1 is 1.08 bits per heavy atom. The van der Waals surface area contributed by atoms with E-state index in [1.54, 1.807) is 0 Å². The van der Waals surface area contributed by atoms with Crippen molar-refractivity contribution in [1.82, 2.24) is 4.57 Å². The molecule has 0 saturated heterocycles. The van der Waals surface area contributed by atoms with Crippen LogP contribution < -0.4 is 21.5 Å². The summed E-state index contributed by atoms with van der Waals surface area (Å²) in [7, 11) is 1.96. The highest BCUT2D eigenvalue weighted by Crippen LogP contribution is 2.39. The molecule has 1 aromatic carbocycles. The van der Waals surface area contributed by atoms with E-state index >= 15 is 0 Å². The molecule has 0 bridgehead atoms. The summed E-state index contributed by atoms with van der Waals surface area (Å²) in [4.78, 5) is 12.9. The largest absolute Gasteiger partial charge is 1.00 e. The number of aromatic hydroxyl groups is 1. The lowest BCUT2D eigenvalue weighted by atomic mass is 9.78. The summed E-state index contributed by atoms with van der Waals surface area (Å²) in [5, 5.41) is 10.8. The van der Waals surface area contributed by atoms with Gasteiger partial charge in [-0.25, -0.2) is 9.13 Å². The van der Waals surface area contributed by atoms with Crippen molar-refractivity contribution >= 4 is 5.78 Å². The Hall–Kier alpha value is -1.62. The third-order valence-corrected chi connectivity index (χ3v) is 4.76. The van der Waals surface area contributed by atoms with Gasteiger partial charge in [-0.15, -0.1) is 0 Å². The van der Waals surface area contributed by atoms with Crippen LogP contribution in [0.5, 0.6) is 5.75 Å². The first-order valence-electron chi connectivity index (χ1n) is 8.75. The summed E-state index contributed by atoms with van der Waals surface area (Å²) in [6, 6.07) is 3.71. The zero-order chi connectivity index (χ0) is 19.2. The van der Waals surface area contributed by atoms with Gasteiger partial charge in [0.1, 0.15) is 18.1 Å². The number of benzene rings is 1. The van der Waals surface area contributed by atoms with E-state index in [1.165, 1.54) is 0 Å². The highest BCUT2D eigenvalue weighted by atomic mass is 79.9. The highest BCUT2D eigenvalue weighted by molar-refractivity contribution is 5.96. The zero-order valence-electron chi connectivity index (χ0n) is 17.1. The van der Waals surface area contributed by atoms with E-state index in [0.29, 0.717) is 17.9 Å². The van der Waals surface area contributed by atoms with Crippen LogP contribution in [0, 0.1) is 6.92 Å². The average molecular weight is 423 g/mol. The Labute approximate surface area is 167 Å². The molecule has 0 saturated carbocycles. The van der Waals surface area contributed by atoms with Crippen molar-refractivity contribution in [2.45, 2.75) is 65.8 Å². The van der Waals surface area contributed by atoms with Crippen molar-refractivity contribution in [3.63, 3.8) is 0 Å². The Morgan fingerprint density at radius 3 is 1.88 bits per heavy atom. The Morgan fingerprint density at radius 2 is 1.54 bits per heavy atom. The minimum Gasteiger partial charge on any atom is -1.00 e. The molecule has 0 aliphatic heterocycles. The molecule has 0 amide bonds. The number of Topliss-reactive ketones (excluding diaryl/α,β-unsaturated/α-hetero) is 1. The quantitative estimate of drug-likeness (QED) is 0.587. The van der Waals surface area contributed by atoms with Gasteiger partial charge in [-0.3, -0.25) is 4.79 Å². The number of imidazole rings is 1. The van der Waals surface area contributed by atoms with Gasteiger partial charge in [0.25, 0.3) is 5.82 Å². The first-order valence-corrected chi connectivity index (χ1v) is 8.75. The van der Waals surface area contributed by atoms with Crippen molar-refractivity contribution < 1.29 is 31.4 Å². The predicted molar refractivity (Wildman–Crippen MR) is 100 cm³/mol. The first-order chi connectivity index (χ1) is 11.3. The van der Waals surface area contributed by atoms with Gasteiger partial charge in [0.05, 0.1) is 7.05 Å². The molecule has 26 heavy (non-hydrogen) atoms. The van der Waals surface area contributed by atoms with Crippen LogP contribution in [0.4, 0.5) is 0 Å². The number of phenols is 1. The van der Waals surface area contributed by atoms with E-state index in [9.17, 15) is 9.90 Å². The molecule has 4 nitrogen and oxygen atoms in total. The van der Waals surface area contributed by atoms with E-state index in [2.05, 4.69) is 41.5 Å². The van der Waals surface area contributed by atoms with Crippen molar-refractivity contribution in [3.05, 3.63) is 47.0 Å². The van der Waals surface area contributed by atoms with Crippen LogP contribution in [0.15, 0.2) is 24.5 Å². The third-order valence-electron chi connectivity index (χ3n) is 4.76. The summed E-state index contributed by atoms with van der Waals surface area (Å²) in [5.74, 6) is 1.38. The lowest BCUT2D eigenvalue weighted by Crippen LogP contribution is -3.00. The molecular weight excluding hydrogens is 392 g/mol. The number of carbonyl (C=O) groups excluding carboxylic acids is 1. The fourth-order valence-electron chi connectivity index (χ4n) is 2.95. The van der Waals surface area contributed by atoms with Crippen LogP contribution in [-0.4, -0.2) is 15.5 Å². The van der Waals surface area contributed by atoms with Gasteiger partial charge >= 0.3 is 0 Å². The number of phenolic OH excluding ortho intramolecular Hbond substituents is 1. The van der Waals surface area contributed by atoms with E-state index in [-0.39, 0.29) is 33.6 Å². The standard InChI is InChI=1S/C21H30N2O2.BrH/c1-14-22(8)9-10-23(14)13-18(24)15-11-16(20(2,3)4)19(25)17(12-15)21(5,6)7;/h9-12H,13H2,1-8H3;1H. The van der Waals surface area contributed by atoms with Gasteiger partial charge in [0, 0.05) is 23.6 Å². The number of halogens is 1. The van der Waals surface area contributed by atoms with Crippen LogP contribution in [0.2, 0.25) is 0 Å². The molecular formula is C21H31BrN2O2. The lowest BCUT2D eigenvalue weighted by molar-refractivity contribution is -0.677. The minimum atomic E-state index is -0.240. The number of aryl methyl sites for hydroxylation is 1. The van der Waals surface area contributed by atoms with E-state index in [1.807, 2.05) is 47.6 Å². The molecule has 1 aromatic heterocycles. The van der Waals surface area contributed by atoms with Gasteiger partial charge in [-0.05, 0) is 23.0 Å². The second kappa shape index (κ2) is 7.55. The SMILES string of the molecule is Cc1n(CC(=O)c2cc(C(C)(C)C)c(O)c(C(C)(C)C)c2)cc[n+]1C.[Br-]. The summed E-state index contributed by atoms with van der Waals surface area (Å²) in [6.45, 7) is 14.6. The molecule has 0 aliphatic rings. The molecule has 1 N–H and O–H groups in total. The van der Waals surface area contributed by atoms with E-state index in [4.69, 9.17) is 0 Å². The molecule has 1 heterocycles. The van der Waals surface area contributed by atoms with Crippen molar-refractivity contribution in [2.75, 3.05) is 0 Å². The maximum Gasteiger partial charge on any atom is 0.253 e. The van der Waals surface area contributed by atoms with E-state index < -0.39 is 0 Å². The van der Waals surface area contributed by atoms with Gasteiger partial charge in [0.15, 0.2) is 6.54 Å². The molecule has 2 rings (SSSR count). The highest BCUT2D eigenvalue weighted by Gasteiger charge is 2.28. The molecule has 144 valence electrons. The normalized spacial score (nSPS) is 12.0. The second-order valence-corrected chi connectivity index (χ2v) is 8.93. The van der Waals surface area contributed by atoms with Gasteiger partial charge in [-0.2, -0.15) is 0 Å². The summed E-state index contributed by atoms with van der Waals surface area (Å²) >= 11 is 0. The Bertz CT molecular complexity index is 773. The fourth-order valence-corrected chi connectivity index (χ4v) is 2.95. The van der Waals surface area contributed by atoms with Crippen LogP contribution >= 0.6 is 0 Å². The number of nitrogens with zero attached hydrogens (tertiary/aromatic N) is 2. The van der Waals surface area contributed by atoms with Crippen LogP contribution in [-0.2, 0) is 24.4 Å².